The van der Waals surface area contributed by atoms with Gasteiger partial charge in [0.2, 0.25) is 0 Å². The fourth-order valence-electron chi connectivity index (χ4n) is 2.66. The number of rotatable bonds is 2. The maximum atomic E-state index is 5.74. The minimum absolute atomic E-state index is 0.927. The Bertz CT molecular complexity index is 694. The van der Waals surface area contributed by atoms with E-state index in [4.69, 9.17) is 6.42 Å². The number of terminal acetylenes is 1. The Hall–Kier alpha value is -2.46. The zero-order valence-electron chi connectivity index (χ0n) is 11.4. The topological polar surface area (TPSA) is 15.8 Å². The summed E-state index contributed by atoms with van der Waals surface area (Å²) in [5, 5.41) is 0. The molecule has 0 radical (unpaired) electrons. The number of hydrogen-bond acceptors (Lipinski definition) is 0. The summed E-state index contributed by atoms with van der Waals surface area (Å²) in [4.78, 5) is 3.17. The van der Waals surface area contributed by atoms with Crippen molar-refractivity contribution in [3.8, 4) is 12.3 Å². The van der Waals surface area contributed by atoms with E-state index < -0.39 is 0 Å². The van der Waals surface area contributed by atoms with Gasteiger partial charge >= 0.3 is 0 Å². The molecule has 0 atom stereocenters. The smallest absolute Gasteiger partial charge is 0.0393 e. The molecule has 0 spiro atoms. The molecular formula is C19H17N. The Morgan fingerprint density at radius 3 is 3.00 bits per heavy atom. The van der Waals surface area contributed by atoms with Gasteiger partial charge in [-0.1, -0.05) is 36.3 Å². The van der Waals surface area contributed by atoms with Gasteiger partial charge in [-0.25, -0.2) is 0 Å². The summed E-state index contributed by atoms with van der Waals surface area (Å²) in [7, 11) is 0. The van der Waals surface area contributed by atoms with Gasteiger partial charge in [-0.05, 0) is 54.2 Å². The van der Waals surface area contributed by atoms with Crippen LogP contribution in [-0.2, 0) is 6.42 Å². The van der Waals surface area contributed by atoms with Crippen molar-refractivity contribution in [2.75, 3.05) is 0 Å². The summed E-state index contributed by atoms with van der Waals surface area (Å²) < 4.78 is 0. The van der Waals surface area contributed by atoms with E-state index in [1.165, 1.54) is 17.5 Å². The lowest BCUT2D eigenvalue weighted by molar-refractivity contribution is 0.851. The summed E-state index contributed by atoms with van der Waals surface area (Å²) in [5.41, 5.74) is 5.78. The van der Waals surface area contributed by atoms with E-state index in [-0.39, 0.29) is 0 Å². The van der Waals surface area contributed by atoms with Gasteiger partial charge in [0.25, 0.3) is 0 Å². The van der Waals surface area contributed by atoms with Gasteiger partial charge < -0.3 is 4.98 Å². The number of hydrogen-bond donors (Lipinski definition) is 1. The molecule has 0 aliphatic heterocycles. The first kappa shape index (κ1) is 12.6. The molecule has 0 unspecified atom stereocenters. The van der Waals surface area contributed by atoms with Crippen LogP contribution in [0.4, 0.5) is 0 Å². The van der Waals surface area contributed by atoms with Gasteiger partial charge in [0.1, 0.15) is 0 Å². The summed E-state index contributed by atoms with van der Waals surface area (Å²) in [5.74, 6) is 2.83. The van der Waals surface area contributed by atoms with Gasteiger partial charge in [0, 0.05) is 17.5 Å². The van der Waals surface area contributed by atoms with E-state index in [9.17, 15) is 0 Å². The zero-order chi connectivity index (χ0) is 13.8. The Morgan fingerprint density at radius 2 is 2.20 bits per heavy atom. The van der Waals surface area contributed by atoms with Crippen molar-refractivity contribution < 1.29 is 0 Å². The normalized spacial score (nSPS) is 14.4. The molecule has 1 aromatic heterocycles. The second-order valence-electron chi connectivity index (χ2n) is 5.00. The van der Waals surface area contributed by atoms with Crippen LogP contribution in [0.1, 0.15) is 35.2 Å². The van der Waals surface area contributed by atoms with Gasteiger partial charge in [-0.2, -0.15) is 0 Å². The molecule has 3 rings (SSSR count). The predicted molar refractivity (Wildman–Crippen MR) is 85.9 cm³/mol. The van der Waals surface area contributed by atoms with Crippen LogP contribution in [0.25, 0.3) is 17.7 Å². The van der Waals surface area contributed by atoms with Crippen LogP contribution in [0, 0.1) is 12.3 Å². The fourth-order valence-corrected chi connectivity index (χ4v) is 2.66. The Balaban J connectivity index is 2.12. The van der Waals surface area contributed by atoms with Crippen molar-refractivity contribution in [3.05, 3.63) is 65.0 Å². The lowest BCUT2D eigenvalue weighted by atomic mass is 9.94. The van der Waals surface area contributed by atoms with Crippen molar-refractivity contribution in [1.29, 1.82) is 0 Å². The van der Waals surface area contributed by atoms with Crippen molar-refractivity contribution in [1.82, 2.24) is 4.98 Å². The minimum atomic E-state index is 0.927. The number of benzene rings is 1. The monoisotopic (exact) mass is 259 g/mol. The summed E-state index contributed by atoms with van der Waals surface area (Å²) in [6.45, 7) is 0. The van der Waals surface area contributed by atoms with E-state index in [2.05, 4.69) is 41.3 Å². The van der Waals surface area contributed by atoms with Crippen LogP contribution >= 0.6 is 0 Å². The third-order valence-corrected chi connectivity index (χ3v) is 3.67. The maximum Gasteiger partial charge on any atom is 0.0393 e. The van der Waals surface area contributed by atoms with Crippen LogP contribution in [0.2, 0.25) is 0 Å². The summed E-state index contributed by atoms with van der Waals surface area (Å²) in [6, 6.07) is 10.4. The van der Waals surface area contributed by atoms with Crippen LogP contribution < -0.4 is 0 Å². The second kappa shape index (κ2) is 5.67. The molecule has 1 aliphatic carbocycles. The predicted octanol–water partition coefficient (Wildman–Crippen LogP) is 4.54. The van der Waals surface area contributed by atoms with Gasteiger partial charge in [0.05, 0.1) is 0 Å². The molecule has 1 N–H and O–H groups in total. The highest BCUT2D eigenvalue weighted by molar-refractivity contribution is 5.93. The second-order valence-corrected chi connectivity index (χ2v) is 5.00. The lowest BCUT2D eigenvalue weighted by Gasteiger charge is -2.10. The van der Waals surface area contributed by atoms with E-state index in [0.717, 1.165) is 29.7 Å². The Morgan fingerprint density at radius 1 is 1.25 bits per heavy atom. The first-order valence-electron chi connectivity index (χ1n) is 6.99. The standard InChI is InChI=1S/C19H17N/c1-2-15(14-17-10-7-13-20-17)18-12-6-9-16-8-4-3-5-11-19(16)18/h1,5-7,9-14,20H,3-4,8H2/b15-14+. The molecule has 1 aromatic carbocycles. The van der Waals surface area contributed by atoms with Crippen molar-refractivity contribution >= 4 is 17.7 Å². The summed E-state index contributed by atoms with van der Waals surface area (Å²) >= 11 is 0. The molecule has 2 aromatic rings. The first-order valence-corrected chi connectivity index (χ1v) is 6.99. The zero-order valence-corrected chi connectivity index (χ0v) is 11.4. The van der Waals surface area contributed by atoms with E-state index in [1.54, 1.807) is 0 Å². The highest BCUT2D eigenvalue weighted by Crippen LogP contribution is 2.28. The molecule has 0 saturated carbocycles. The van der Waals surface area contributed by atoms with Crippen LogP contribution in [0.5, 0.6) is 0 Å². The maximum absolute atomic E-state index is 5.74. The molecule has 98 valence electrons. The molecular weight excluding hydrogens is 242 g/mol. The third-order valence-electron chi connectivity index (χ3n) is 3.67. The fraction of sp³-hybridized carbons (Fsp3) is 0.158. The minimum Gasteiger partial charge on any atom is -0.362 e. The highest BCUT2D eigenvalue weighted by Gasteiger charge is 2.10. The van der Waals surface area contributed by atoms with E-state index in [0.29, 0.717) is 0 Å². The molecule has 1 heterocycles. The first-order chi connectivity index (χ1) is 9.88. The average molecular weight is 259 g/mol. The highest BCUT2D eigenvalue weighted by atomic mass is 14.7. The van der Waals surface area contributed by atoms with Crippen LogP contribution in [0.15, 0.2) is 42.6 Å². The molecule has 1 aliphatic rings. The van der Waals surface area contributed by atoms with Gasteiger partial charge in [-0.3, -0.25) is 0 Å². The molecule has 0 amide bonds. The molecule has 0 bridgehead atoms. The molecule has 0 saturated heterocycles. The number of H-pyrrole nitrogens is 1. The van der Waals surface area contributed by atoms with Crippen molar-refractivity contribution in [3.63, 3.8) is 0 Å². The quantitative estimate of drug-likeness (QED) is 0.762. The summed E-state index contributed by atoms with van der Waals surface area (Å²) in [6.07, 6.45) is 17.6. The number of nitrogens with one attached hydrogen (secondary N) is 1. The molecule has 1 nitrogen and oxygen atoms in total. The molecule has 0 fully saturated rings. The SMILES string of the molecule is C#C/C(=C\c1ccc[nH]1)c1cccc2c1C=CCCC2. The van der Waals surface area contributed by atoms with Gasteiger partial charge in [-0.15, -0.1) is 6.42 Å². The Labute approximate surface area is 120 Å². The number of aromatic nitrogens is 1. The number of aryl methyl sites for hydroxylation is 1. The van der Waals surface area contributed by atoms with Crippen LogP contribution in [0.3, 0.4) is 0 Å². The van der Waals surface area contributed by atoms with E-state index >= 15 is 0 Å². The average Bonchev–Trinajstić information content (AvgIpc) is 2.87. The number of allylic oxidation sites excluding steroid dienone is 2. The van der Waals surface area contributed by atoms with Crippen molar-refractivity contribution in [2.45, 2.75) is 19.3 Å². The third kappa shape index (κ3) is 2.46. The Kier molecular flexibility index (Phi) is 3.56. The molecule has 20 heavy (non-hydrogen) atoms. The number of fused-ring (bicyclic) bond motifs is 1. The number of aromatic amines is 1. The van der Waals surface area contributed by atoms with Crippen molar-refractivity contribution in [2.24, 2.45) is 0 Å². The van der Waals surface area contributed by atoms with Gasteiger partial charge in [0.15, 0.2) is 0 Å². The lowest BCUT2D eigenvalue weighted by Crippen LogP contribution is -1.94. The van der Waals surface area contributed by atoms with E-state index in [1.807, 2.05) is 24.4 Å². The molecule has 1 heteroatoms. The van der Waals surface area contributed by atoms with Crippen LogP contribution in [-0.4, -0.2) is 4.98 Å². The largest absolute Gasteiger partial charge is 0.362 e.